The molecule has 0 radical (unpaired) electrons. The van der Waals surface area contributed by atoms with Crippen LogP contribution in [0.3, 0.4) is 0 Å². The van der Waals surface area contributed by atoms with Crippen molar-refractivity contribution in [2.75, 3.05) is 6.61 Å². The highest BCUT2D eigenvalue weighted by Gasteiger charge is 2.11. The van der Waals surface area contributed by atoms with Crippen LogP contribution in [-0.2, 0) is 0 Å². The third kappa shape index (κ3) is 3.42. The molecule has 21 heavy (non-hydrogen) atoms. The molecular weight excluding hydrogens is 272 g/mol. The van der Waals surface area contributed by atoms with Gasteiger partial charge in [0.05, 0.1) is 10.5 Å². The zero-order valence-electron chi connectivity index (χ0n) is 10.9. The van der Waals surface area contributed by atoms with Gasteiger partial charge in [-0.15, -0.1) is 0 Å². The Kier molecular flexibility index (Phi) is 4.26. The van der Waals surface area contributed by atoms with E-state index >= 15 is 0 Å². The van der Waals surface area contributed by atoms with Crippen LogP contribution >= 0.6 is 0 Å². The standard InChI is InChI=1S/C15H10N2O4/c16-9-12-3-1-2-4-15(12)21-10-14(18)11-5-7-13(8-6-11)17(19)20/h1-8H,10H2. The quantitative estimate of drug-likeness (QED) is 0.477. The number of nitro groups is 1. The number of non-ortho nitro benzene ring substituents is 1. The molecule has 0 fully saturated rings. The molecule has 0 amide bonds. The van der Waals surface area contributed by atoms with E-state index in [1.54, 1.807) is 24.3 Å². The molecule has 0 aliphatic heterocycles. The number of hydrogen-bond acceptors (Lipinski definition) is 5. The highest BCUT2D eigenvalue weighted by atomic mass is 16.6. The molecule has 0 spiro atoms. The second-order valence-electron chi connectivity index (χ2n) is 4.12. The van der Waals surface area contributed by atoms with Crippen molar-refractivity contribution in [3.8, 4) is 11.8 Å². The summed E-state index contributed by atoms with van der Waals surface area (Å²) in [5.74, 6) is 0.00732. The second kappa shape index (κ2) is 6.30. The van der Waals surface area contributed by atoms with Gasteiger partial charge < -0.3 is 4.74 Å². The van der Waals surface area contributed by atoms with E-state index in [1.807, 2.05) is 6.07 Å². The lowest BCUT2D eigenvalue weighted by atomic mass is 10.1. The third-order valence-electron chi connectivity index (χ3n) is 2.77. The summed E-state index contributed by atoms with van der Waals surface area (Å²) in [4.78, 5) is 21.9. The van der Waals surface area contributed by atoms with Gasteiger partial charge >= 0.3 is 0 Å². The highest BCUT2D eigenvalue weighted by Crippen LogP contribution is 2.17. The largest absolute Gasteiger partial charge is 0.484 e. The molecule has 0 bridgehead atoms. The molecule has 2 aromatic rings. The average molecular weight is 282 g/mol. The first-order valence-electron chi connectivity index (χ1n) is 6.01. The van der Waals surface area contributed by atoms with E-state index in [4.69, 9.17) is 10.00 Å². The number of nitriles is 1. The van der Waals surface area contributed by atoms with Gasteiger partial charge in [0.25, 0.3) is 5.69 Å². The first-order valence-corrected chi connectivity index (χ1v) is 6.01. The summed E-state index contributed by atoms with van der Waals surface area (Å²) in [6.07, 6.45) is 0. The van der Waals surface area contributed by atoms with E-state index < -0.39 is 4.92 Å². The monoisotopic (exact) mass is 282 g/mol. The molecule has 2 rings (SSSR count). The number of nitro benzene ring substituents is 1. The SMILES string of the molecule is N#Cc1ccccc1OCC(=O)c1ccc([N+](=O)[O-])cc1. The topological polar surface area (TPSA) is 93.2 Å². The fourth-order valence-electron chi connectivity index (χ4n) is 1.68. The predicted molar refractivity (Wildman–Crippen MR) is 74.1 cm³/mol. The molecular formula is C15H10N2O4. The van der Waals surface area contributed by atoms with Crippen LogP contribution in [0.5, 0.6) is 5.75 Å². The minimum atomic E-state index is -0.534. The maximum absolute atomic E-state index is 11.9. The van der Waals surface area contributed by atoms with Crippen LogP contribution in [0.4, 0.5) is 5.69 Å². The van der Waals surface area contributed by atoms with Gasteiger partial charge in [-0.3, -0.25) is 14.9 Å². The molecule has 0 atom stereocenters. The summed E-state index contributed by atoms with van der Waals surface area (Å²) in [5.41, 5.74) is 0.575. The Hall–Kier alpha value is -3.20. The van der Waals surface area contributed by atoms with Crippen LogP contribution in [0.1, 0.15) is 15.9 Å². The van der Waals surface area contributed by atoms with Crippen molar-refractivity contribution in [3.63, 3.8) is 0 Å². The van der Waals surface area contributed by atoms with Gasteiger partial charge in [0, 0.05) is 17.7 Å². The maximum Gasteiger partial charge on any atom is 0.269 e. The molecule has 0 heterocycles. The summed E-state index contributed by atoms with van der Waals surface area (Å²) < 4.78 is 5.32. The van der Waals surface area contributed by atoms with Crippen molar-refractivity contribution in [1.29, 1.82) is 5.26 Å². The Balaban J connectivity index is 2.05. The van der Waals surface area contributed by atoms with Gasteiger partial charge in [-0.1, -0.05) is 12.1 Å². The third-order valence-corrected chi connectivity index (χ3v) is 2.77. The summed E-state index contributed by atoms with van der Waals surface area (Å²) >= 11 is 0. The van der Waals surface area contributed by atoms with E-state index in [1.165, 1.54) is 24.3 Å². The molecule has 6 heteroatoms. The van der Waals surface area contributed by atoms with Crippen LogP contribution in [0.25, 0.3) is 0 Å². The van der Waals surface area contributed by atoms with E-state index in [0.29, 0.717) is 16.9 Å². The second-order valence-corrected chi connectivity index (χ2v) is 4.12. The molecule has 104 valence electrons. The summed E-state index contributed by atoms with van der Waals surface area (Å²) in [6, 6.07) is 13.8. The highest BCUT2D eigenvalue weighted by molar-refractivity contribution is 5.97. The van der Waals surface area contributed by atoms with E-state index in [-0.39, 0.29) is 18.1 Å². The number of benzene rings is 2. The number of ketones is 1. The number of carbonyl (C=O) groups is 1. The minimum absolute atomic E-state index is 0.0812. The molecule has 0 N–H and O–H groups in total. The van der Waals surface area contributed by atoms with Crippen molar-refractivity contribution in [3.05, 3.63) is 69.8 Å². The maximum atomic E-state index is 11.9. The normalized spacial score (nSPS) is 9.67. The van der Waals surface area contributed by atoms with Gasteiger partial charge in [-0.25, -0.2) is 0 Å². The van der Waals surface area contributed by atoms with E-state index in [9.17, 15) is 14.9 Å². The first kappa shape index (κ1) is 14.2. The van der Waals surface area contributed by atoms with E-state index in [2.05, 4.69) is 0 Å². The predicted octanol–water partition coefficient (Wildman–Crippen LogP) is 2.73. The summed E-state index contributed by atoms with van der Waals surface area (Å²) in [5, 5.41) is 19.4. The van der Waals surface area contributed by atoms with Crippen LogP contribution in [-0.4, -0.2) is 17.3 Å². The van der Waals surface area contributed by atoms with Crippen LogP contribution in [0.15, 0.2) is 48.5 Å². The number of ether oxygens (including phenoxy) is 1. The molecule has 2 aromatic carbocycles. The zero-order chi connectivity index (χ0) is 15.2. The lowest BCUT2D eigenvalue weighted by Crippen LogP contribution is -2.12. The van der Waals surface area contributed by atoms with Gasteiger partial charge in [-0.2, -0.15) is 5.26 Å². The van der Waals surface area contributed by atoms with Crippen molar-refractivity contribution >= 4 is 11.5 Å². The smallest absolute Gasteiger partial charge is 0.269 e. The number of carbonyl (C=O) groups excluding carboxylic acids is 1. The average Bonchev–Trinajstić information content (AvgIpc) is 2.52. The Morgan fingerprint density at radius 1 is 1.19 bits per heavy atom. The lowest BCUT2D eigenvalue weighted by Gasteiger charge is -2.06. The van der Waals surface area contributed by atoms with Crippen molar-refractivity contribution in [1.82, 2.24) is 0 Å². The van der Waals surface area contributed by atoms with Crippen LogP contribution in [0, 0.1) is 21.4 Å². The molecule has 0 aromatic heterocycles. The molecule has 0 saturated heterocycles. The summed E-state index contributed by atoms with van der Waals surface area (Å²) in [7, 11) is 0. The number of para-hydroxylation sites is 1. The van der Waals surface area contributed by atoms with Gasteiger partial charge in [-0.05, 0) is 24.3 Å². The van der Waals surface area contributed by atoms with Gasteiger partial charge in [0.15, 0.2) is 12.4 Å². The minimum Gasteiger partial charge on any atom is -0.484 e. The molecule has 0 unspecified atom stereocenters. The Morgan fingerprint density at radius 2 is 1.86 bits per heavy atom. The van der Waals surface area contributed by atoms with Crippen LogP contribution < -0.4 is 4.74 Å². The number of hydrogen-bond donors (Lipinski definition) is 0. The van der Waals surface area contributed by atoms with Crippen LogP contribution in [0.2, 0.25) is 0 Å². The Labute approximate surface area is 120 Å². The van der Waals surface area contributed by atoms with Crippen molar-refractivity contribution in [2.24, 2.45) is 0 Å². The fraction of sp³-hybridized carbons (Fsp3) is 0.0667. The lowest BCUT2D eigenvalue weighted by molar-refractivity contribution is -0.384. The van der Waals surface area contributed by atoms with Crippen molar-refractivity contribution in [2.45, 2.75) is 0 Å². The molecule has 6 nitrogen and oxygen atoms in total. The fourth-order valence-corrected chi connectivity index (χ4v) is 1.68. The van der Waals surface area contributed by atoms with Crippen molar-refractivity contribution < 1.29 is 14.5 Å². The molecule has 0 aliphatic carbocycles. The number of Topliss-reactive ketones (excluding diaryl/α,β-unsaturated/α-hetero) is 1. The number of nitrogens with zero attached hydrogens (tertiary/aromatic N) is 2. The Morgan fingerprint density at radius 3 is 2.48 bits per heavy atom. The van der Waals surface area contributed by atoms with Gasteiger partial charge in [0.1, 0.15) is 11.8 Å². The van der Waals surface area contributed by atoms with E-state index in [0.717, 1.165) is 0 Å². The van der Waals surface area contributed by atoms with Gasteiger partial charge in [0.2, 0.25) is 0 Å². The summed E-state index contributed by atoms with van der Waals surface area (Å²) in [6.45, 7) is -0.240. The zero-order valence-corrected chi connectivity index (χ0v) is 10.9. The number of rotatable bonds is 5. The first-order chi connectivity index (χ1) is 10.1. The Bertz CT molecular complexity index is 717. The molecule has 0 aliphatic rings. The molecule has 0 saturated carbocycles.